The van der Waals surface area contributed by atoms with Gasteiger partial charge in [0, 0.05) is 11.7 Å². The zero-order chi connectivity index (χ0) is 23.1. The van der Waals surface area contributed by atoms with Gasteiger partial charge in [-0.15, -0.1) is 0 Å². The normalized spacial score (nSPS) is 12.9. The summed E-state index contributed by atoms with van der Waals surface area (Å²) in [4.78, 5) is 25.2. The molecule has 3 aromatic rings. The molecule has 1 aromatic heterocycles. The summed E-state index contributed by atoms with van der Waals surface area (Å²) in [5, 5.41) is 2.79. The molecule has 166 valence electrons. The second-order valence-corrected chi connectivity index (χ2v) is 10.9. The predicted octanol–water partition coefficient (Wildman–Crippen LogP) is 4.05. The number of thiazole rings is 1. The maximum absolute atomic E-state index is 13.0. The van der Waals surface area contributed by atoms with Gasteiger partial charge in [0.15, 0.2) is 0 Å². The molecule has 2 aromatic carbocycles. The lowest BCUT2D eigenvalue weighted by Crippen LogP contribution is -2.45. The topological polar surface area (TPSA) is 88.5 Å². The molecular weight excluding hydrogens is 434 g/mol. The average Bonchev–Trinajstić information content (AvgIpc) is 2.94. The second kappa shape index (κ2) is 8.47. The number of fused-ring (bicyclic) bond motifs is 1. The van der Waals surface area contributed by atoms with E-state index in [1.807, 2.05) is 33.8 Å². The summed E-state index contributed by atoms with van der Waals surface area (Å²) < 4.78 is 28.7. The lowest BCUT2D eigenvalue weighted by Gasteiger charge is -2.28. The first-order valence-electron chi connectivity index (χ1n) is 9.92. The first-order valence-corrected chi connectivity index (χ1v) is 12.6. The van der Waals surface area contributed by atoms with Crippen molar-refractivity contribution < 1.29 is 13.2 Å². The molecule has 3 rings (SSSR count). The molecule has 0 saturated heterocycles. The van der Waals surface area contributed by atoms with Crippen LogP contribution < -0.4 is 14.5 Å². The first kappa shape index (κ1) is 23.0. The summed E-state index contributed by atoms with van der Waals surface area (Å²) in [5.41, 5.74) is 3.59. The van der Waals surface area contributed by atoms with E-state index in [4.69, 9.17) is 0 Å². The molecule has 1 amide bonds. The molecule has 0 spiro atoms. The third-order valence-electron chi connectivity index (χ3n) is 4.95. The van der Waals surface area contributed by atoms with Gasteiger partial charge in [0.1, 0.15) is 6.04 Å². The molecule has 0 radical (unpaired) electrons. The number of aromatic nitrogens is 1. The third-order valence-corrected chi connectivity index (χ3v) is 7.11. The van der Waals surface area contributed by atoms with Gasteiger partial charge < -0.3 is 5.32 Å². The van der Waals surface area contributed by atoms with Crippen molar-refractivity contribution in [3.63, 3.8) is 0 Å². The van der Waals surface area contributed by atoms with E-state index in [0.29, 0.717) is 11.4 Å². The van der Waals surface area contributed by atoms with E-state index < -0.39 is 22.0 Å². The smallest absolute Gasteiger partial charge is 0.308 e. The van der Waals surface area contributed by atoms with E-state index in [0.717, 1.165) is 43.2 Å². The Hall–Kier alpha value is -2.65. The van der Waals surface area contributed by atoms with Gasteiger partial charge in [0.2, 0.25) is 15.9 Å². The van der Waals surface area contributed by atoms with Crippen LogP contribution in [0.1, 0.15) is 37.9 Å². The van der Waals surface area contributed by atoms with E-state index in [-0.39, 0.29) is 10.9 Å². The number of sulfonamides is 1. The molecule has 0 unspecified atom stereocenters. The van der Waals surface area contributed by atoms with Gasteiger partial charge in [-0.2, -0.15) is 0 Å². The van der Waals surface area contributed by atoms with Gasteiger partial charge >= 0.3 is 4.87 Å². The van der Waals surface area contributed by atoms with Crippen molar-refractivity contribution >= 4 is 48.9 Å². The molecule has 0 aliphatic carbocycles. The van der Waals surface area contributed by atoms with Crippen LogP contribution in [-0.4, -0.2) is 31.2 Å². The molecule has 1 N–H and O–H groups in total. The zero-order valence-corrected chi connectivity index (χ0v) is 20.1. The number of benzene rings is 2. The van der Waals surface area contributed by atoms with E-state index >= 15 is 0 Å². The quantitative estimate of drug-likeness (QED) is 0.600. The maximum Gasteiger partial charge on any atom is 0.308 e. The fraction of sp³-hybridized carbons (Fsp3) is 0.364. The van der Waals surface area contributed by atoms with Crippen LogP contribution >= 0.6 is 11.3 Å². The number of amides is 1. The number of carbonyl (C=O) groups is 1. The van der Waals surface area contributed by atoms with Crippen molar-refractivity contribution in [3.8, 4) is 0 Å². The van der Waals surface area contributed by atoms with E-state index in [2.05, 4.69) is 5.32 Å². The highest BCUT2D eigenvalue weighted by Gasteiger charge is 2.29. The van der Waals surface area contributed by atoms with Crippen molar-refractivity contribution in [1.82, 2.24) is 4.57 Å². The monoisotopic (exact) mass is 461 g/mol. The zero-order valence-electron chi connectivity index (χ0n) is 18.5. The Morgan fingerprint density at radius 3 is 2.23 bits per heavy atom. The van der Waals surface area contributed by atoms with Gasteiger partial charge in [0.05, 0.1) is 22.2 Å². The maximum atomic E-state index is 13.0. The van der Waals surface area contributed by atoms with E-state index in [9.17, 15) is 18.0 Å². The van der Waals surface area contributed by atoms with Crippen LogP contribution in [0.3, 0.4) is 0 Å². The Balaban J connectivity index is 1.93. The van der Waals surface area contributed by atoms with Crippen molar-refractivity contribution in [2.75, 3.05) is 15.9 Å². The van der Waals surface area contributed by atoms with Crippen LogP contribution in [0, 0.1) is 13.8 Å². The van der Waals surface area contributed by atoms with Crippen molar-refractivity contribution in [3.05, 3.63) is 57.2 Å². The Labute approximate surface area is 186 Å². The van der Waals surface area contributed by atoms with Crippen LogP contribution in [-0.2, 0) is 14.8 Å². The largest absolute Gasteiger partial charge is 0.324 e. The van der Waals surface area contributed by atoms with Crippen LogP contribution in [0.25, 0.3) is 10.2 Å². The second-order valence-electron chi connectivity index (χ2n) is 8.08. The SMILES string of the molecule is Cc1cc(C)cc(N([C@H](C)C(=O)Nc2ccc3c(c2)sc(=O)n3C(C)C)S(C)(=O)=O)c1. The Morgan fingerprint density at radius 2 is 1.68 bits per heavy atom. The van der Waals surface area contributed by atoms with Crippen molar-refractivity contribution in [2.24, 2.45) is 0 Å². The number of hydrogen-bond donors (Lipinski definition) is 1. The van der Waals surface area contributed by atoms with Gasteiger partial charge in [0.25, 0.3) is 0 Å². The lowest BCUT2D eigenvalue weighted by molar-refractivity contribution is -0.116. The van der Waals surface area contributed by atoms with E-state index in [1.54, 1.807) is 41.8 Å². The minimum Gasteiger partial charge on any atom is -0.324 e. The molecule has 1 atom stereocenters. The lowest BCUT2D eigenvalue weighted by atomic mass is 10.1. The molecule has 31 heavy (non-hydrogen) atoms. The fourth-order valence-electron chi connectivity index (χ4n) is 3.74. The summed E-state index contributed by atoms with van der Waals surface area (Å²) >= 11 is 1.12. The van der Waals surface area contributed by atoms with Crippen LogP contribution in [0.2, 0.25) is 0 Å². The van der Waals surface area contributed by atoms with Gasteiger partial charge in [-0.25, -0.2) is 8.42 Å². The van der Waals surface area contributed by atoms with Crippen LogP contribution in [0.5, 0.6) is 0 Å². The number of anilines is 2. The van der Waals surface area contributed by atoms with E-state index in [1.165, 1.54) is 0 Å². The Morgan fingerprint density at radius 1 is 1.06 bits per heavy atom. The summed E-state index contributed by atoms with van der Waals surface area (Å²) in [7, 11) is -3.70. The molecule has 0 aliphatic rings. The standard InChI is InChI=1S/C22H27N3O4S2/c1-13(2)24-19-8-7-17(12-20(19)30-22(24)27)23-21(26)16(5)25(31(6,28)29)18-10-14(3)9-15(4)11-18/h7-13,16H,1-6H3,(H,23,26)/t16-/m1/s1. The minimum absolute atomic E-state index is 0.0304. The Bertz CT molecular complexity index is 1290. The van der Waals surface area contributed by atoms with Crippen LogP contribution in [0.4, 0.5) is 11.4 Å². The number of nitrogens with one attached hydrogen (secondary N) is 1. The molecular formula is C22H27N3O4S2. The number of nitrogens with zero attached hydrogens (tertiary/aromatic N) is 2. The molecule has 0 saturated carbocycles. The van der Waals surface area contributed by atoms with Crippen molar-refractivity contribution in [1.29, 1.82) is 0 Å². The highest BCUT2D eigenvalue weighted by molar-refractivity contribution is 7.92. The average molecular weight is 462 g/mol. The molecule has 1 heterocycles. The van der Waals surface area contributed by atoms with Crippen molar-refractivity contribution in [2.45, 2.75) is 46.7 Å². The number of hydrogen-bond acceptors (Lipinski definition) is 5. The summed E-state index contributed by atoms with van der Waals surface area (Å²) in [6, 6.07) is 9.76. The number of rotatable bonds is 6. The molecule has 0 fully saturated rings. The van der Waals surface area contributed by atoms with Gasteiger partial charge in [-0.3, -0.25) is 18.5 Å². The summed E-state index contributed by atoms with van der Waals surface area (Å²) in [5.74, 6) is -0.459. The molecule has 7 nitrogen and oxygen atoms in total. The van der Waals surface area contributed by atoms with Gasteiger partial charge in [-0.1, -0.05) is 17.4 Å². The first-order chi connectivity index (χ1) is 14.4. The number of carbonyl (C=O) groups excluding carboxylic acids is 1. The minimum atomic E-state index is -3.70. The predicted molar refractivity (Wildman–Crippen MR) is 128 cm³/mol. The highest BCUT2D eigenvalue weighted by atomic mass is 32.2. The third kappa shape index (κ3) is 4.83. The summed E-state index contributed by atoms with van der Waals surface area (Å²) in [6.07, 6.45) is 1.09. The molecule has 0 aliphatic heterocycles. The summed E-state index contributed by atoms with van der Waals surface area (Å²) in [6.45, 7) is 9.20. The van der Waals surface area contributed by atoms with Crippen LogP contribution in [0.15, 0.2) is 41.2 Å². The molecule has 0 bridgehead atoms. The molecule has 9 heteroatoms. The highest BCUT2D eigenvalue weighted by Crippen LogP contribution is 2.26. The van der Waals surface area contributed by atoms with Gasteiger partial charge in [-0.05, 0) is 76.1 Å². The number of aryl methyl sites for hydroxylation is 2. The Kier molecular flexibility index (Phi) is 6.29. The fourth-order valence-corrected chi connectivity index (χ4v) is 5.95.